The van der Waals surface area contributed by atoms with Crippen molar-refractivity contribution in [3.05, 3.63) is 172 Å². The van der Waals surface area contributed by atoms with Gasteiger partial charge in [-0.15, -0.1) is 0 Å². The van der Waals surface area contributed by atoms with Gasteiger partial charge in [0.2, 0.25) is 0 Å². The Bertz CT molecular complexity index is 2510. The molecule has 0 radical (unpaired) electrons. The largest absolute Gasteiger partial charge is 0.309 e. The summed E-state index contributed by atoms with van der Waals surface area (Å²) < 4.78 is 2.47. The summed E-state index contributed by atoms with van der Waals surface area (Å²) >= 11 is 0. The SMILES string of the molecule is CCC1C(c2ccccc2)=CC(c2cccc(C#N)c2)=NC1c1cccc(-n2c3ccccc3c3cc4c(cc32)C(C)(C)C2=C4C=CCC2)c1. The molecule has 5 aromatic carbocycles. The zero-order valence-corrected chi connectivity index (χ0v) is 28.8. The average Bonchev–Trinajstić information content (AvgIpc) is 3.61. The highest BCUT2D eigenvalue weighted by Crippen LogP contribution is 2.52. The Morgan fingerprint density at radius 3 is 2.46 bits per heavy atom. The van der Waals surface area contributed by atoms with Crippen LogP contribution in [0.2, 0.25) is 0 Å². The van der Waals surface area contributed by atoms with Crippen LogP contribution in [-0.4, -0.2) is 10.3 Å². The van der Waals surface area contributed by atoms with Gasteiger partial charge >= 0.3 is 0 Å². The molecule has 6 aromatic rings. The van der Waals surface area contributed by atoms with Crippen LogP contribution in [0, 0.1) is 17.2 Å². The maximum Gasteiger partial charge on any atom is 0.0991 e. The summed E-state index contributed by atoms with van der Waals surface area (Å²) in [5, 5.41) is 12.3. The number of aliphatic imine (C=N–C) groups is 1. The van der Waals surface area contributed by atoms with E-state index in [0.29, 0.717) is 5.56 Å². The summed E-state index contributed by atoms with van der Waals surface area (Å²) in [6.07, 6.45) is 10.1. The molecule has 1 aliphatic heterocycles. The Kier molecular flexibility index (Phi) is 7.11. The molecule has 242 valence electrons. The van der Waals surface area contributed by atoms with Crippen LogP contribution >= 0.6 is 0 Å². The van der Waals surface area contributed by atoms with Crippen molar-refractivity contribution >= 4 is 38.7 Å². The van der Waals surface area contributed by atoms with E-state index in [0.717, 1.165) is 36.2 Å². The summed E-state index contributed by atoms with van der Waals surface area (Å²) in [6.45, 7) is 7.08. The number of fused-ring (bicyclic) bond motifs is 5. The fourth-order valence-corrected chi connectivity index (χ4v) is 8.89. The number of hydrogen-bond donors (Lipinski definition) is 0. The van der Waals surface area contributed by atoms with Crippen molar-refractivity contribution in [2.75, 3.05) is 0 Å². The van der Waals surface area contributed by atoms with Gasteiger partial charge in [0.05, 0.1) is 34.4 Å². The van der Waals surface area contributed by atoms with Gasteiger partial charge in [-0.3, -0.25) is 4.99 Å². The van der Waals surface area contributed by atoms with Crippen LogP contribution in [0.3, 0.4) is 0 Å². The number of benzene rings is 5. The molecule has 1 aromatic heterocycles. The van der Waals surface area contributed by atoms with Crippen molar-refractivity contribution in [2.45, 2.75) is 51.5 Å². The lowest BCUT2D eigenvalue weighted by atomic mass is 9.78. The first-order chi connectivity index (χ1) is 24.5. The Morgan fingerprint density at radius 2 is 1.62 bits per heavy atom. The minimum absolute atomic E-state index is 0.00265. The maximum atomic E-state index is 9.69. The number of dihydropyridines is 1. The molecule has 2 aliphatic carbocycles. The molecule has 2 heterocycles. The van der Waals surface area contributed by atoms with Crippen LogP contribution in [0.5, 0.6) is 0 Å². The van der Waals surface area contributed by atoms with Gasteiger partial charge in [0.1, 0.15) is 0 Å². The smallest absolute Gasteiger partial charge is 0.0991 e. The van der Waals surface area contributed by atoms with Gasteiger partial charge in [-0.1, -0.05) is 111 Å². The molecule has 0 N–H and O–H groups in total. The second kappa shape index (κ2) is 11.7. The highest BCUT2D eigenvalue weighted by atomic mass is 15.0. The van der Waals surface area contributed by atoms with E-state index in [4.69, 9.17) is 4.99 Å². The summed E-state index contributed by atoms with van der Waals surface area (Å²) in [5.74, 6) is 0.197. The third-order valence-electron chi connectivity index (χ3n) is 11.4. The predicted molar refractivity (Wildman–Crippen MR) is 208 cm³/mol. The minimum Gasteiger partial charge on any atom is -0.309 e. The van der Waals surface area contributed by atoms with Crippen molar-refractivity contribution in [2.24, 2.45) is 10.9 Å². The average molecular weight is 646 g/mol. The number of hydrogen-bond acceptors (Lipinski definition) is 2. The van der Waals surface area contributed by atoms with Gasteiger partial charge in [0, 0.05) is 33.4 Å². The van der Waals surface area contributed by atoms with Crippen LogP contribution in [-0.2, 0) is 5.41 Å². The first-order valence-electron chi connectivity index (χ1n) is 17.9. The second-order valence-corrected chi connectivity index (χ2v) is 14.5. The summed E-state index contributed by atoms with van der Waals surface area (Å²) in [5.41, 5.74) is 15.6. The number of para-hydroxylation sites is 1. The Morgan fingerprint density at radius 1 is 0.820 bits per heavy atom. The zero-order valence-electron chi connectivity index (χ0n) is 28.8. The number of aromatic nitrogens is 1. The van der Waals surface area contributed by atoms with Gasteiger partial charge in [-0.2, -0.15) is 5.26 Å². The third kappa shape index (κ3) is 4.66. The molecule has 2 atom stereocenters. The fourth-order valence-electron chi connectivity index (χ4n) is 8.89. The van der Waals surface area contributed by atoms with Gasteiger partial charge in [0.15, 0.2) is 0 Å². The van der Waals surface area contributed by atoms with Crippen LogP contribution in [0.4, 0.5) is 0 Å². The van der Waals surface area contributed by atoms with E-state index in [1.807, 2.05) is 18.2 Å². The van der Waals surface area contributed by atoms with E-state index in [1.54, 1.807) is 5.57 Å². The number of rotatable bonds is 5. The number of nitrogens with zero attached hydrogens (tertiary/aromatic N) is 3. The molecule has 0 fully saturated rings. The summed E-state index contributed by atoms with van der Waals surface area (Å²) in [6, 6.07) is 43.6. The lowest BCUT2D eigenvalue weighted by Gasteiger charge is -2.31. The van der Waals surface area contributed by atoms with Crippen LogP contribution in [0.1, 0.15) is 79.5 Å². The van der Waals surface area contributed by atoms with E-state index in [9.17, 15) is 5.26 Å². The molecule has 9 rings (SSSR count). The normalized spacial score (nSPS) is 19.2. The van der Waals surface area contributed by atoms with Crippen molar-refractivity contribution in [1.82, 2.24) is 4.57 Å². The number of allylic oxidation sites excluding steroid dienone is 5. The van der Waals surface area contributed by atoms with Crippen LogP contribution < -0.4 is 0 Å². The monoisotopic (exact) mass is 645 g/mol. The van der Waals surface area contributed by atoms with Gasteiger partial charge in [-0.05, 0) is 101 Å². The highest BCUT2D eigenvalue weighted by Gasteiger charge is 2.38. The molecular weight excluding hydrogens is 607 g/mol. The first-order valence-corrected chi connectivity index (χ1v) is 17.9. The summed E-state index contributed by atoms with van der Waals surface area (Å²) in [4.78, 5) is 5.49. The van der Waals surface area contributed by atoms with Crippen molar-refractivity contribution < 1.29 is 0 Å². The van der Waals surface area contributed by atoms with E-state index in [2.05, 4.69) is 147 Å². The van der Waals surface area contributed by atoms with Crippen molar-refractivity contribution in [1.29, 1.82) is 5.26 Å². The molecule has 0 spiro atoms. The van der Waals surface area contributed by atoms with Gasteiger partial charge in [-0.25, -0.2) is 0 Å². The molecule has 3 aliphatic rings. The second-order valence-electron chi connectivity index (χ2n) is 14.5. The van der Waals surface area contributed by atoms with E-state index in [1.165, 1.54) is 55.2 Å². The summed E-state index contributed by atoms with van der Waals surface area (Å²) in [7, 11) is 0. The molecule has 2 unspecified atom stereocenters. The van der Waals surface area contributed by atoms with Crippen molar-refractivity contribution in [3.8, 4) is 11.8 Å². The highest BCUT2D eigenvalue weighted by molar-refractivity contribution is 6.14. The Labute approximate surface area is 294 Å². The Balaban J connectivity index is 1.23. The molecule has 0 saturated heterocycles. The molecular formula is C47H39N3. The predicted octanol–water partition coefficient (Wildman–Crippen LogP) is 11.7. The maximum absolute atomic E-state index is 9.69. The molecule has 50 heavy (non-hydrogen) atoms. The lowest BCUT2D eigenvalue weighted by molar-refractivity contribution is 0.519. The first kappa shape index (κ1) is 30.3. The molecule has 3 nitrogen and oxygen atoms in total. The van der Waals surface area contributed by atoms with E-state index < -0.39 is 0 Å². The van der Waals surface area contributed by atoms with Gasteiger partial charge < -0.3 is 4.57 Å². The zero-order chi connectivity index (χ0) is 34.0. The van der Waals surface area contributed by atoms with Gasteiger partial charge in [0.25, 0.3) is 0 Å². The fraction of sp³-hybridized carbons (Fsp3) is 0.191. The lowest BCUT2D eigenvalue weighted by Crippen LogP contribution is -2.20. The topological polar surface area (TPSA) is 41.1 Å². The molecule has 3 heteroatoms. The third-order valence-corrected chi connectivity index (χ3v) is 11.4. The van der Waals surface area contributed by atoms with Crippen molar-refractivity contribution in [3.63, 3.8) is 0 Å². The minimum atomic E-state index is -0.0834. The number of nitriles is 1. The molecule has 0 bridgehead atoms. The van der Waals surface area contributed by atoms with Crippen LogP contribution in [0.25, 0.3) is 38.6 Å². The molecule has 0 amide bonds. The van der Waals surface area contributed by atoms with E-state index in [-0.39, 0.29) is 17.4 Å². The standard InChI is InChI=1S/C47H39N3/c1-4-35-38(31-15-6-5-7-16-31)27-43(32-17-12-14-30(24-32)29-48)49-46(35)33-18-13-19-34(25-33)50-44-23-11-9-21-37(44)40-26-39-36-20-8-10-22-41(36)47(2,3)42(39)28-45(40)50/h5-9,11-21,23-28,35,46H,4,10,22H2,1-3H3. The van der Waals surface area contributed by atoms with Crippen LogP contribution in [0.15, 0.2) is 144 Å². The Hall–Kier alpha value is -5.72. The van der Waals surface area contributed by atoms with E-state index >= 15 is 0 Å². The quantitative estimate of drug-likeness (QED) is 0.184. The molecule has 0 saturated carbocycles.